The van der Waals surface area contributed by atoms with E-state index in [1.165, 1.54) is 4.90 Å². The number of fused-ring (bicyclic) bond motifs is 1. The van der Waals surface area contributed by atoms with E-state index in [1.54, 1.807) is 11.0 Å². The second kappa shape index (κ2) is 8.90. The third kappa shape index (κ3) is 3.57. The average molecular weight is 437 g/mol. The molecule has 0 saturated carbocycles. The Balaban J connectivity index is 2.11. The smallest absolute Gasteiger partial charge is 0.310 e. The van der Waals surface area contributed by atoms with Gasteiger partial charge >= 0.3 is 5.97 Å². The van der Waals surface area contributed by atoms with Crippen molar-refractivity contribution in [2.24, 2.45) is 17.8 Å². The van der Waals surface area contributed by atoms with Crippen molar-refractivity contribution in [2.45, 2.75) is 83.2 Å². The van der Waals surface area contributed by atoms with Crippen LogP contribution in [0.4, 0.5) is 0 Å². The number of carbonyl (C=O) groups is 3. The maximum atomic E-state index is 14.0. The first kappa shape index (κ1) is 23.7. The number of amides is 2. The fraction of sp³-hybridized carbons (Fsp3) is 0.783. The van der Waals surface area contributed by atoms with E-state index in [4.69, 9.17) is 4.74 Å². The molecule has 2 N–H and O–H groups in total. The first-order chi connectivity index (χ1) is 14.7. The first-order valence-corrected chi connectivity index (χ1v) is 11.4. The third-order valence-electron chi connectivity index (χ3n) is 7.42. The van der Waals surface area contributed by atoms with Gasteiger partial charge in [-0.15, -0.1) is 6.58 Å². The molecule has 8 nitrogen and oxygen atoms in total. The Morgan fingerprint density at radius 3 is 2.58 bits per heavy atom. The van der Waals surface area contributed by atoms with E-state index in [0.29, 0.717) is 19.4 Å². The second-order valence-corrected chi connectivity index (χ2v) is 9.55. The normalized spacial score (nSPS) is 33.5. The second-order valence-electron chi connectivity index (χ2n) is 9.55. The number of rotatable bonds is 10. The zero-order valence-corrected chi connectivity index (χ0v) is 19.0. The molecule has 3 aliphatic rings. The standard InChI is InChI=1S/C23H36N2O6/c1-6-8-14(5)24(11-7-2)21(28)19-23-10-9-16(31-23)17(22(29)30)18(23)20(27)25(19)15(12-26)13(3)4/h7,13-19,26H,2,6,8-12H2,1,3-5H3,(H,29,30)/t14?,15-,16+,17-,18-,19?,23?/m0/s1. The van der Waals surface area contributed by atoms with E-state index in [-0.39, 0.29) is 30.4 Å². The quantitative estimate of drug-likeness (QED) is 0.505. The number of hydrogen-bond donors (Lipinski definition) is 2. The molecule has 0 aromatic heterocycles. The molecule has 2 bridgehead atoms. The van der Waals surface area contributed by atoms with Crippen molar-refractivity contribution in [3.8, 4) is 0 Å². The zero-order chi connectivity index (χ0) is 23.1. The molecule has 31 heavy (non-hydrogen) atoms. The van der Waals surface area contributed by atoms with Gasteiger partial charge < -0.3 is 24.7 Å². The largest absolute Gasteiger partial charge is 0.481 e. The van der Waals surface area contributed by atoms with E-state index in [0.717, 1.165) is 12.8 Å². The molecular weight excluding hydrogens is 400 g/mol. The number of aliphatic hydroxyl groups excluding tert-OH is 1. The average Bonchev–Trinajstić information content (AvgIpc) is 3.34. The van der Waals surface area contributed by atoms with Crippen molar-refractivity contribution in [1.29, 1.82) is 0 Å². The highest BCUT2D eigenvalue weighted by Crippen LogP contribution is 2.59. The molecule has 3 rings (SSSR count). The predicted octanol–water partition coefficient (Wildman–Crippen LogP) is 1.67. The number of nitrogens with zero attached hydrogens (tertiary/aromatic N) is 2. The van der Waals surface area contributed by atoms with Crippen LogP contribution in [0.25, 0.3) is 0 Å². The van der Waals surface area contributed by atoms with Gasteiger partial charge in [0.15, 0.2) is 0 Å². The molecule has 0 aromatic carbocycles. The van der Waals surface area contributed by atoms with Crippen LogP contribution in [0.3, 0.4) is 0 Å². The molecule has 2 amide bonds. The summed E-state index contributed by atoms with van der Waals surface area (Å²) in [6.45, 7) is 11.6. The van der Waals surface area contributed by atoms with E-state index in [9.17, 15) is 24.6 Å². The van der Waals surface area contributed by atoms with Gasteiger partial charge in [-0.2, -0.15) is 0 Å². The summed E-state index contributed by atoms with van der Waals surface area (Å²) >= 11 is 0. The van der Waals surface area contributed by atoms with Gasteiger partial charge in [0.05, 0.1) is 30.6 Å². The summed E-state index contributed by atoms with van der Waals surface area (Å²) < 4.78 is 6.24. The third-order valence-corrected chi connectivity index (χ3v) is 7.42. The Labute approximate surface area is 184 Å². The lowest BCUT2D eigenvalue weighted by molar-refractivity contribution is -0.155. The molecule has 3 aliphatic heterocycles. The van der Waals surface area contributed by atoms with Crippen molar-refractivity contribution in [1.82, 2.24) is 9.80 Å². The lowest BCUT2D eigenvalue weighted by atomic mass is 9.70. The number of carboxylic acid groups (broad SMARTS) is 1. The van der Waals surface area contributed by atoms with Crippen LogP contribution in [0, 0.1) is 17.8 Å². The van der Waals surface area contributed by atoms with Crippen LogP contribution in [0.15, 0.2) is 12.7 Å². The van der Waals surface area contributed by atoms with Crippen LogP contribution < -0.4 is 0 Å². The van der Waals surface area contributed by atoms with E-state index >= 15 is 0 Å². The van der Waals surface area contributed by atoms with E-state index in [1.807, 2.05) is 27.7 Å². The summed E-state index contributed by atoms with van der Waals surface area (Å²) in [5.41, 5.74) is -1.16. The summed E-state index contributed by atoms with van der Waals surface area (Å²) in [6, 6.07) is -1.60. The fourth-order valence-corrected chi connectivity index (χ4v) is 5.99. The summed E-state index contributed by atoms with van der Waals surface area (Å²) in [4.78, 5) is 42.9. The van der Waals surface area contributed by atoms with Gasteiger partial charge in [0.25, 0.3) is 0 Å². The number of ether oxygens (including phenoxy) is 1. The molecule has 8 heteroatoms. The molecular formula is C23H36N2O6. The van der Waals surface area contributed by atoms with Crippen LogP contribution in [0.2, 0.25) is 0 Å². The van der Waals surface area contributed by atoms with Crippen LogP contribution in [0.5, 0.6) is 0 Å². The van der Waals surface area contributed by atoms with Crippen molar-refractivity contribution in [3.05, 3.63) is 12.7 Å². The molecule has 0 aromatic rings. The molecule has 3 fully saturated rings. The van der Waals surface area contributed by atoms with Gasteiger partial charge in [-0.3, -0.25) is 14.4 Å². The summed E-state index contributed by atoms with van der Waals surface area (Å²) in [5, 5.41) is 20.0. The minimum Gasteiger partial charge on any atom is -0.481 e. The Kier molecular flexibility index (Phi) is 6.81. The molecule has 174 valence electrons. The number of likely N-dealkylation sites (tertiary alicyclic amines) is 1. The lowest BCUT2D eigenvalue weighted by Gasteiger charge is -2.41. The molecule has 3 heterocycles. The van der Waals surface area contributed by atoms with Crippen LogP contribution in [-0.4, -0.2) is 80.8 Å². The van der Waals surface area contributed by atoms with Crippen LogP contribution >= 0.6 is 0 Å². The summed E-state index contributed by atoms with van der Waals surface area (Å²) in [7, 11) is 0. The zero-order valence-electron chi connectivity index (χ0n) is 19.0. The summed E-state index contributed by atoms with van der Waals surface area (Å²) in [6.07, 6.45) is 3.77. The maximum Gasteiger partial charge on any atom is 0.310 e. The monoisotopic (exact) mass is 436 g/mol. The van der Waals surface area contributed by atoms with Crippen molar-refractivity contribution < 1.29 is 29.3 Å². The number of aliphatic hydroxyl groups is 1. The van der Waals surface area contributed by atoms with Gasteiger partial charge in [0.2, 0.25) is 11.8 Å². The maximum absolute atomic E-state index is 14.0. The first-order valence-electron chi connectivity index (χ1n) is 11.4. The van der Waals surface area contributed by atoms with Crippen LogP contribution in [-0.2, 0) is 19.1 Å². The molecule has 3 unspecified atom stereocenters. The molecule has 3 saturated heterocycles. The van der Waals surface area contributed by atoms with Crippen molar-refractivity contribution >= 4 is 17.8 Å². The van der Waals surface area contributed by atoms with E-state index < -0.39 is 41.6 Å². The highest BCUT2D eigenvalue weighted by Gasteiger charge is 2.75. The number of carbonyl (C=O) groups excluding carboxylic acids is 2. The predicted molar refractivity (Wildman–Crippen MR) is 114 cm³/mol. The van der Waals surface area contributed by atoms with Gasteiger partial charge in [0, 0.05) is 12.6 Å². The molecule has 0 aliphatic carbocycles. The Morgan fingerprint density at radius 1 is 1.39 bits per heavy atom. The number of hydrogen-bond acceptors (Lipinski definition) is 5. The molecule has 7 atom stereocenters. The minimum atomic E-state index is -1.16. The number of aliphatic carboxylic acids is 1. The van der Waals surface area contributed by atoms with Crippen molar-refractivity contribution in [3.63, 3.8) is 0 Å². The lowest BCUT2D eigenvalue weighted by Crippen LogP contribution is -2.60. The Morgan fingerprint density at radius 2 is 2.06 bits per heavy atom. The summed E-state index contributed by atoms with van der Waals surface area (Å²) in [5.74, 6) is -3.68. The number of carboxylic acids is 1. The Bertz CT molecular complexity index is 740. The van der Waals surface area contributed by atoms with E-state index in [2.05, 4.69) is 6.58 Å². The highest BCUT2D eigenvalue weighted by atomic mass is 16.5. The molecule has 1 spiro atoms. The van der Waals surface area contributed by atoms with Gasteiger partial charge in [0.1, 0.15) is 11.6 Å². The highest BCUT2D eigenvalue weighted by molar-refractivity contribution is 5.98. The van der Waals surface area contributed by atoms with Gasteiger partial charge in [-0.25, -0.2) is 0 Å². The molecule has 0 radical (unpaired) electrons. The van der Waals surface area contributed by atoms with Gasteiger partial charge in [-0.1, -0.05) is 33.3 Å². The van der Waals surface area contributed by atoms with Crippen LogP contribution in [0.1, 0.15) is 53.4 Å². The topological polar surface area (TPSA) is 107 Å². The van der Waals surface area contributed by atoms with Gasteiger partial charge in [-0.05, 0) is 32.1 Å². The Hall–Kier alpha value is -1.93. The minimum absolute atomic E-state index is 0.0663. The SMILES string of the molecule is C=CCN(C(=O)C1N([C@@H](CO)C(C)C)C(=O)[C@@H]2[C@@H](C(=O)O)[C@H]3CCC12O3)C(C)CCC. The van der Waals surface area contributed by atoms with Crippen molar-refractivity contribution in [2.75, 3.05) is 13.2 Å². The fourth-order valence-electron chi connectivity index (χ4n) is 5.99.